The van der Waals surface area contributed by atoms with E-state index in [2.05, 4.69) is 0 Å². The number of pyridine rings is 1. The zero-order valence-corrected chi connectivity index (χ0v) is 22.9. The van der Waals surface area contributed by atoms with Crippen molar-refractivity contribution in [2.75, 3.05) is 56.2 Å². The van der Waals surface area contributed by atoms with Crippen LogP contribution in [0.2, 0.25) is 0 Å². The summed E-state index contributed by atoms with van der Waals surface area (Å²) in [5.74, 6) is 0.0310. The minimum Gasteiger partial charge on any atom is -0.385 e. The third-order valence-electron chi connectivity index (χ3n) is 6.64. The van der Waals surface area contributed by atoms with Gasteiger partial charge in [0.1, 0.15) is 21.6 Å². The smallest absolute Gasteiger partial charge is 0.267 e. The van der Waals surface area contributed by atoms with Crippen LogP contribution in [0.1, 0.15) is 17.5 Å². The Bertz CT molecular complexity index is 1480. The number of carbonyl (C=O) groups excluding carboxylic acids is 1. The number of thiocarbonyl (C=S) groups is 1. The summed E-state index contributed by atoms with van der Waals surface area (Å²) >= 11 is 6.65. The van der Waals surface area contributed by atoms with Crippen LogP contribution >= 0.6 is 24.0 Å². The Morgan fingerprint density at radius 3 is 2.58 bits per heavy atom. The lowest BCUT2D eigenvalue weighted by Crippen LogP contribution is -2.47. The summed E-state index contributed by atoms with van der Waals surface area (Å²) in [5, 5.41) is 0. The molecule has 2 saturated heterocycles. The van der Waals surface area contributed by atoms with Crippen molar-refractivity contribution < 1.29 is 13.9 Å². The van der Waals surface area contributed by atoms with Crippen LogP contribution in [0.15, 0.2) is 52.3 Å². The van der Waals surface area contributed by atoms with Crippen molar-refractivity contribution in [3.8, 4) is 0 Å². The Labute approximate surface area is 229 Å². The molecule has 0 radical (unpaired) electrons. The number of amides is 1. The van der Waals surface area contributed by atoms with Gasteiger partial charge in [0.2, 0.25) is 0 Å². The number of methoxy groups -OCH3 is 1. The third kappa shape index (κ3) is 5.18. The van der Waals surface area contributed by atoms with Crippen molar-refractivity contribution >= 4 is 57.4 Å². The second-order valence-corrected chi connectivity index (χ2v) is 10.9. The number of aromatic nitrogens is 2. The number of ether oxygens (including phenoxy) is 1. The number of rotatable bonds is 7. The number of hydrogen-bond donors (Lipinski definition) is 0. The molecule has 2 aliphatic heterocycles. The molecule has 0 aliphatic carbocycles. The van der Waals surface area contributed by atoms with Gasteiger partial charge in [0.15, 0.2) is 0 Å². The summed E-state index contributed by atoms with van der Waals surface area (Å²) in [6.07, 6.45) is 4.03. The first-order valence-corrected chi connectivity index (χ1v) is 13.6. The minimum absolute atomic E-state index is 0.222. The Balaban J connectivity index is 1.50. The van der Waals surface area contributed by atoms with Crippen molar-refractivity contribution in [3.05, 3.63) is 74.8 Å². The van der Waals surface area contributed by atoms with Crippen molar-refractivity contribution in [2.24, 2.45) is 0 Å². The maximum atomic E-state index is 14.4. The number of benzene rings is 1. The largest absolute Gasteiger partial charge is 0.385 e. The maximum absolute atomic E-state index is 14.4. The minimum atomic E-state index is -0.258. The molecule has 38 heavy (non-hydrogen) atoms. The molecule has 2 aromatic heterocycles. The highest BCUT2D eigenvalue weighted by Crippen LogP contribution is 2.34. The molecule has 198 valence electrons. The second-order valence-electron chi connectivity index (χ2n) is 9.19. The van der Waals surface area contributed by atoms with Crippen molar-refractivity contribution in [1.82, 2.24) is 14.3 Å². The molecule has 2 aliphatic rings. The van der Waals surface area contributed by atoms with E-state index in [0.717, 1.165) is 5.56 Å². The van der Waals surface area contributed by atoms with Gasteiger partial charge in [-0.05, 0) is 43.2 Å². The van der Waals surface area contributed by atoms with Crippen LogP contribution in [0.3, 0.4) is 0 Å². The van der Waals surface area contributed by atoms with Gasteiger partial charge in [-0.1, -0.05) is 42.2 Å². The lowest BCUT2D eigenvalue weighted by molar-refractivity contribution is -0.122. The molecule has 0 atom stereocenters. The molecular formula is C27H28FN5O3S2. The van der Waals surface area contributed by atoms with Crippen LogP contribution in [0.25, 0.3) is 11.7 Å². The number of carbonyl (C=O) groups is 1. The van der Waals surface area contributed by atoms with Gasteiger partial charge in [-0.25, -0.2) is 9.37 Å². The number of thioether (sulfide) groups is 1. The number of aryl methyl sites for hydroxylation is 1. The zero-order valence-electron chi connectivity index (χ0n) is 21.2. The molecule has 0 spiro atoms. The summed E-state index contributed by atoms with van der Waals surface area (Å²) < 4.78 is 21.4. The Morgan fingerprint density at radius 1 is 1.11 bits per heavy atom. The summed E-state index contributed by atoms with van der Waals surface area (Å²) in [6.45, 7) is 5.10. The highest BCUT2D eigenvalue weighted by Gasteiger charge is 2.33. The summed E-state index contributed by atoms with van der Waals surface area (Å²) in [5.41, 5.74) is 2.09. The average molecular weight is 554 g/mol. The van der Waals surface area contributed by atoms with E-state index in [1.54, 1.807) is 36.4 Å². The van der Waals surface area contributed by atoms with E-state index < -0.39 is 0 Å². The zero-order chi connectivity index (χ0) is 26.8. The van der Waals surface area contributed by atoms with E-state index in [1.807, 2.05) is 34.9 Å². The quantitative estimate of drug-likeness (QED) is 0.249. The van der Waals surface area contributed by atoms with Gasteiger partial charge < -0.3 is 14.5 Å². The Kier molecular flexibility index (Phi) is 7.78. The molecule has 0 saturated carbocycles. The number of nitrogens with zero attached hydrogens (tertiary/aromatic N) is 5. The standard InChI is InChI=1S/C27H28FN5O3S2/c1-18-8-9-23-29-24(31-13-11-30(12-14-31)21-7-4-3-6-20(21)28)19(25(34)33(23)17-18)16-22-26(35)32(27(37)38-22)10-5-15-36-2/h3-4,6-9,16-17H,5,10-15H2,1-2H3. The van der Waals surface area contributed by atoms with Gasteiger partial charge in [-0.15, -0.1) is 0 Å². The fourth-order valence-corrected chi connectivity index (χ4v) is 5.96. The van der Waals surface area contributed by atoms with Crippen molar-refractivity contribution in [2.45, 2.75) is 13.3 Å². The molecule has 4 heterocycles. The first-order valence-electron chi connectivity index (χ1n) is 12.4. The monoisotopic (exact) mass is 553 g/mol. The van der Waals surface area contributed by atoms with E-state index in [-0.39, 0.29) is 17.3 Å². The lowest BCUT2D eigenvalue weighted by atomic mass is 10.2. The van der Waals surface area contributed by atoms with Gasteiger partial charge in [0, 0.05) is 52.6 Å². The number of para-hydroxylation sites is 1. The summed E-state index contributed by atoms with van der Waals surface area (Å²) in [4.78, 5) is 37.8. The maximum Gasteiger partial charge on any atom is 0.267 e. The SMILES string of the molecule is COCCCN1C(=O)C(=Cc2c(N3CCN(c4ccccc4F)CC3)nc3ccc(C)cn3c2=O)SC1=S. The van der Waals surface area contributed by atoms with Gasteiger partial charge >= 0.3 is 0 Å². The van der Waals surface area contributed by atoms with Crippen molar-refractivity contribution in [1.29, 1.82) is 0 Å². The number of anilines is 2. The highest BCUT2D eigenvalue weighted by atomic mass is 32.2. The highest BCUT2D eigenvalue weighted by molar-refractivity contribution is 8.26. The molecule has 3 aromatic rings. The van der Waals surface area contributed by atoms with Gasteiger partial charge in [0.05, 0.1) is 16.2 Å². The normalized spacial score (nSPS) is 17.3. The lowest BCUT2D eigenvalue weighted by Gasteiger charge is -2.37. The van der Waals surface area contributed by atoms with Gasteiger partial charge in [0.25, 0.3) is 11.5 Å². The number of fused-ring (bicyclic) bond motifs is 1. The predicted molar refractivity (Wildman–Crippen MR) is 153 cm³/mol. The first kappa shape index (κ1) is 26.3. The molecule has 0 bridgehead atoms. The number of halogens is 1. The molecule has 2 fully saturated rings. The fraction of sp³-hybridized carbons (Fsp3) is 0.333. The van der Waals surface area contributed by atoms with Crippen molar-refractivity contribution in [3.63, 3.8) is 0 Å². The molecule has 11 heteroatoms. The first-order chi connectivity index (χ1) is 18.4. The molecule has 1 amide bonds. The average Bonchev–Trinajstić information content (AvgIpc) is 3.18. The van der Waals surface area contributed by atoms with Crippen LogP contribution < -0.4 is 15.4 Å². The van der Waals surface area contributed by atoms with Crippen LogP contribution in [-0.2, 0) is 9.53 Å². The third-order valence-corrected chi connectivity index (χ3v) is 8.01. The fourth-order valence-electron chi connectivity index (χ4n) is 4.67. The molecule has 1 aromatic carbocycles. The van der Waals surface area contributed by atoms with E-state index in [4.69, 9.17) is 21.9 Å². The van der Waals surface area contributed by atoms with Crippen LogP contribution in [0.4, 0.5) is 15.9 Å². The van der Waals surface area contributed by atoms with Gasteiger partial charge in [-0.2, -0.15) is 0 Å². The van der Waals surface area contributed by atoms with Gasteiger partial charge in [-0.3, -0.25) is 18.9 Å². The predicted octanol–water partition coefficient (Wildman–Crippen LogP) is 3.71. The molecule has 5 rings (SSSR count). The van der Waals surface area contributed by atoms with E-state index in [9.17, 15) is 14.0 Å². The molecule has 0 unspecified atom stereocenters. The number of piperazine rings is 1. The van der Waals surface area contributed by atoms with Crippen LogP contribution in [-0.4, -0.2) is 71.0 Å². The van der Waals surface area contributed by atoms with Crippen LogP contribution in [0.5, 0.6) is 0 Å². The van der Waals surface area contributed by atoms with E-state index in [1.165, 1.54) is 22.2 Å². The molecule has 0 N–H and O–H groups in total. The number of hydrogen-bond acceptors (Lipinski definition) is 8. The Hall–Kier alpha value is -3.28. The Morgan fingerprint density at radius 2 is 1.84 bits per heavy atom. The van der Waals surface area contributed by atoms with E-state index >= 15 is 0 Å². The summed E-state index contributed by atoms with van der Waals surface area (Å²) in [6, 6.07) is 10.5. The molecule has 8 nitrogen and oxygen atoms in total. The van der Waals surface area contributed by atoms with E-state index in [0.29, 0.717) is 77.7 Å². The van der Waals surface area contributed by atoms with Crippen LogP contribution in [0, 0.1) is 12.7 Å². The summed E-state index contributed by atoms with van der Waals surface area (Å²) in [7, 11) is 1.61. The molecular weight excluding hydrogens is 525 g/mol. The topological polar surface area (TPSA) is 70.4 Å². The second kappa shape index (κ2) is 11.2.